The summed E-state index contributed by atoms with van der Waals surface area (Å²) in [5, 5.41) is 6.53. The Kier molecular flexibility index (Phi) is 6.68. The molecule has 0 bridgehead atoms. The van der Waals surface area contributed by atoms with E-state index in [1.165, 1.54) is 0 Å². The SMILES string of the molecule is CN=C(NCc1nccn1CC(C)C)Nc1ccc(OC)c(OC)c1. The summed E-state index contributed by atoms with van der Waals surface area (Å²) >= 11 is 0. The first kappa shape index (κ1) is 18.6. The Labute approximate surface area is 149 Å². The van der Waals surface area contributed by atoms with E-state index in [1.807, 2.05) is 30.6 Å². The molecule has 0 atom stereocenters. The van der Waals surface area contributed by atoms with Gasteiger partial charge in [-0.1, -0.05) is 13.8 Å². The molecule has 136 valence electrons. The van der Waals surface area contributed by atoms with Crippen LogP contribution in [0.1, 0.15) is 19.7 Å². The molecule has 2 aromatic rings. The fraction of sp³-hybridized carbons (Fsp3) is 0.444. The highest BCUT2D eigenvalue weighted by Crippen LogP contribution is 2.29. The van der Waals surface area contributed by atoms with Gasteiger partial charge in [-0.15, -0.1) is 0 Å². The number of rotatable bonds is 7. The molecule has 1 aromatic heterocycles. The standard InChI is InChI=1S/C18H27N5O2/c1-13(2)12-23-9-8-20-17(23)11-21-18(19-3)22-14-6-7-15(24-4)16(10-14)25-5/h6-10,13H,11-12H2,1-5H3,(H2,19,21,22). The van der Waals surface area contributed by atoms with Crippen molar-refractivity contribution in [2.75, 3.05) is 26.6 Å². The summed E-state index contributed by atoms with van der Waals surface area (Å²) in [5.74, 6) is 3.55. The maximum Gasteiger partial charge on any atom is 0.195 e. The summed E-state index contributed by atoms with van der Waals surface area (Å²) in [6, 6.07) is 5.63. The number of benzene rings is 1. The number of ether oxygens (including phenoxy) is 2. The molecule has 0 saturated heterocycles. The van der Waals surface area contributed by atoms with E-state index >= 15 is 0 Å². The van der Waals surface area contributed by atoms with Crippen molar-refractivity contribution in [3.05, 3.63) is 36.4 Å². The lowest BCUT2D eigenvalue weighted by Crippen LogP contribution is -2.31. The topological polar surface area (TPSA) is 72.7 Å². The van der Waals surface area contributed by atoms with E-state index < -0.39 is 0 Å². The summed E-state index contributed by atoms with van der Waals surface area (Å²) in [7, 11) is 4.96. The van der Waals surface area contributed by atoms with Crippen molar-refractivity contribution in [3.8, 4) is 11.5 Å². The van der Waals surface area contributed by atoms with Crippen LogP contribution in [0.4, 0.5) is 5.69 Å². The summed E-state index contributed by atoms with van der Waals surface area (Å²) in [6.45, 7) is 5.91. The first-order valence-electron chi connectivity index (χ1n) is 8.27. The molecule has 0 aliphatic heterocycles. The van der Waals surface area contributed by atoms with Crippen LogP contribution in [-0.2, 0) is 13.1 Å². The normalized spacial score (nSPS) is 11.5. The van der Waals surface area contributed by atoms with E-state index in [1.54, 1.807) is 21.3 Å². The van der Waals surface area contributed by atoms with Gasteiger partial charge >= 0.3 is 0 Å². The molecule has 0 aliphatic carbocycles. The minimum atomic E-state index is 0.567. The number of methoxy groups -OCH3 is 2. The molecule has 0 fully saturated rings. The van der Waals surface area contributed by atoms with E-state index in [0.29, 0.717) is 29.9 Å². The molecule has 1 aromatic carbocycles. The van der Waals surface area contributed by atoms with Crippen molar-refractivity contribution in [3.63, 3.8) is 0 Å². The average Bonchev–Trinajstić information content (AvgIpc) is 3.04. The van der Waals surface area contributed by atoms with Crippen LogP contribution in [0.15, 0.2) is 35.6 Å². The molecule has 7 nitrogen and oxygen atoms in total. The highest BCUT2D eigenvalue weighted by atomic mass is 16.5. The molecule has 0 aliphatic rings. The van der Waals surface area contributed by atoms with Crippen molar-refractivity contribution >= 4 is 11.6 Å². The van der Waals surface area contributed by atoms with E-state index in [4.69, 9.17) is 9.47 Å². The average molecular weight is 345 g/mol. The zero-order valence-electron chi connectivity index (χ0n) is 15.5. The minimum Gasteiger partial charge on any atom is -0.493 e. The van der Waals surface area contributed by atoms with Crippen LogP contribution in [0, 0.1) is 5.92 Å². The van der Waals surface area contributed by atoms with E-state index in [9.17, 15) is 0 Å². The lowest BCUT2D eigenvalue weighted by molar-refractivity contribution is 0.355. The molecule has 0 spiro atoms. The van der Waals surface area contributed by atoms with Gasteiger partial charge in [-0.2, -0.15) is 0 Å². The maximum absolute atomic E-state index is 5.33. The van der Waals surface area contributed by atoms with Crippen molar-refractivity contribution < 1.29 is 9.47 Å². The van der Waals surface area contributed by atoms with E-state index in [-0.39, 0.29) is 0 Å². The molecule has 2 rings (SSSR count). The largest absolute Gasteiger partial charge is 0.493 e. The molecule has 0 radical (unpaired) electrons. The van der Waals surface area contributed by atoms with Gasteiger partial charge < -0.3 is 24.7 Å². The number of imidazole rings is 1. The first-order chi connectivity index (χ1) is 12.1. The predicted octanol–water partition coefficient (Wildman–Crippen LogP) is 2.74. The summed E-state index contributed by atoms with van der Waals surface area (Å²) in [5.41, 5.74) is 0.858. The molecule has 2 N–H and O–H groups in total. The van der Waals surface area contributed by atoms with Crippen LogP contribution in [-0.4, -0.2) is 36.8 Å². The predicted molar refractivity (Wildman–Crippen MR) is 100 cm³/mol. The van der Waals surface area contributed by atoms with E-state index in [0.717, 1.165) is 18.1 Å². The Morgan fingerprint density at radius 3 is 2.64 bits per heavy atom. The van der Waals surface area contributed by atoms with Crippen LogP contribution >= 0.6 is 0 Å². The number of hydrogen-bond acceptors (Lipinski definition) is 4. The third-order valence-corrected chi connectivity index (χ3v) is 3.65. The van der Waals surface area contributed by atoms with Gasteiger partial charge in [0.15, 0.2) is 17.5 Å². The lowest BCUT2D eigenvalue weighted by Gasteiger charge is -2.15. The molecule has 0 amide bonds. The van der Waals surface area contributed by atoms with Crippen molar-refractivity contribution in [1.82, 2.24) is 14.9 Å². The van der Waals surface area contributed by atoms with Crippen molar-refractivity contribution in [2.24, 2.45) is 10.9 Å². The van der Waals surface area contributed by atoms with Gasteiger partial charge in [0.1, 0.15) is 5.82 Å². The van der Waals surface area contributed by atoms with Crippen LogP contribution in [0.3, 0.4) is 0 Å². The molecule has 1 heterocycles. The summed E-state index contributed by atoms with van der Waals surface area (Å²) in [4.78, 5) is 8.67. The summed E-state index contributed by atoms with van der Waals surface area (Å²) < 4.78 is 12.7. The Morgan fingerprint density at radius 1 is 1.24 bits per heavy atom. The van der Waals surface area contributed by atoms with Gasteiger partial charge in [0.25, 0.3) is 0 Å². The number of aliphatic imine (C=N–C) groups is 1. The van der Waals surface area contributed by atoms with Gasteiger partial charge in [0.05, 0.1) is 20.8 Å². The molecule has 7 heteroatoms. The smallest absolute Gasteiger partial charge is 0.195 e. The number of hydrogen-bond donors (Lipinski definition) is 2. The van der Waals surface area contributed by atoms with Gasteiger partial charge in [-0.3, -0.25) is 4.99 Å². The monoisotopic (exact) mass is 345 g/mol. The van der Waals surface area contributed by atoms with Gasteiger partial charge in [-0.05, 0) is 18.1 Å². The fourth-order valence-electron chi connectivity index (χ4n) is 2.46. The fourth-order valence-corrected chi connectivity index (χ4v) is 2.46. The Balaban J connectivity index is 2.01. The third kappa shape index (κ3) is 5.14. The number of nitrogens with one attached hydrogen (secondary N) is 2. The molecule has 0 saturated carbocycles. The Morgan fingerprint density at radius 2 is 2.00 bits per heavy atom. The second-order valence-corrected chi connectivity index (χ2v) is 6.01. The second-order valence-electron chi connectivity index (χ2n) is 6.01. The first-order valence-corrected chi connectivity index (χ1v) is 8.27. The van der Waals surface area contributed by atoms with Crippen LogP contribution in [0.2, 0.25) is 0 Å². The van der Waals surface area contributed by atoms with Crippen molar-refractivity contribution in [2.45, 2.75) is 26.9 Å². The third-order valence-electron chi connectivity index (χ3n) is 3.65. The Bertz CT molecular complexity index is 709. The molecule has 0 unspecified atom stereocenters. The lowest BCUT2D eigenvalue weighted by atomic mass is 10.2. The van der Waals surface area contributed by atoms with Crippen molar-refractivity contribution in [1.29, 1.82) is 0 Å². The Hall–Kier alpha value is -2.70. The van der Waals surface area contributed by atoms with Crippen LogP contribution in [0.25, 0.3) is 0 Å². The highest BCUT2D eigenvalue weighted by Gasteiger charge is 2.08. The molecular formula is C18H27N5O2. The zero-order valence-corrected chi connectivity index (χ0v) is 15.5. The van der Waals surface area contributed by atoms with Gasteiger partial charge in [-0.25, -0.2) is 4.98 Å². The number of aromatic nitrogens is 2. The van der Waals surface area contributed by atoms with Gasteiger partial charge in [0.2, 0.25) is 0 Å². The van der Waals surface area contributed by atoms with Crippen LogP contribution in [0.5, 0.6) is 11.5 Å². The minimum absolute atomic E-state index is 0.567. The number of guanidine groups is 1. The highest BCUT2D eigenvalue weighted by molar-refractivity contribution is 5.93. The van der Waals surface area contributed by atoms with E-state index in [2.05, 4.69) is 39.0 Å². The zero-order chi connectivity index (χ0) is 18.2. The number of anilines is 1. The summed E-state index contributed by atoms with van der Waals surface area (Å²) in [6.07, 6.45) is 3.82. The molecular weight excluding hydrogens is 318 g/mol. The second kappa shape index (κ2) is 8.96. The quantitative estimate of drug-likeness (QED) is 0.596. The van der Waals surface area contributed by atoms with Crippen LogP contribution < -0.4 is 20.1 Å². The maximum atomic E-state index is 5.33. The molecule has 25 heavy (non-hydrogen) atoms. The number of nitrogens with zero attached hydrogens (tertiary/aromatic N) is 3. The van der Waals surface area contributed by atoms with Gasteiger partial charge in [0, 0.05) is 37.7 Å².